The molecule has 1 N–H and O–H groups in total. The average Bonchev–Trinajstić information content (AvgIpc) is 2.84. The fourth-order valence-corrected chi connectivity index (χ4v) is 4.42. The number of imidazole rings is 1. The number of nitrogens with zero attached hydrogens (tertiary/aromatic N) is 3. The van der Waals surface area contributed by atoms with E-state index in [9.17, 15) is 0 Å². The smallest absolute Gasteiger partial charge is 0.156 e. The van der Waals surface area contributed by atoms with Crippen LogP contribution in [0.4, 0.5) is 0 Å². The maximum atomic E-state index is 6.50. The Morgan fingerprint density at radius 1 is 1.07 bits per heavy atom. The number of halogens is 2. The van der Waals surface area contributed by atoms with E-state index in [0.717, 1.165) is 61.7 Å². The fourth-order valence-electron chi connectivity index (χ4n) is 3.90. The van der Waals surface area contributed by atoms with Gasteiger partial charge in [0.25, 0.3) is 0 Å². The van der Waals surface area contributed by atoms with E-state index in [4.69, 9.17) is 28.2 Å². The molecule has 6 heteroatoms. The first-order valence-electron chi connectivity index (χ1n) is 10.2. The third-order valence-electron chi connectivity index (χ3n) is 5.57. The summed E-state index contributed by atoms with van der Waals surface area (Å²) in [6.45, 7) is 11.7. The zero-order valence-electron chi connectivity index (χ0n) is 17.3. The lowest BCUT2D eigenvalue weighted by molar-refractivity contribution is 0.281. The van der Waals surface area contributed by atoms with E-state index >= 15 is 0 Å². The summed E-state index contributed by atoms with van der Waals surface area (Å²) in [6.07, 6.45) is 3.07. The summed E-state index contributed by atoms with van der Waals surface area (Å²) >= 11 is 12.8. The molecule has 1 saturated heterocycles. The molecule has 0 radical (unpaired) electrons. The SMILES string of the molecule is CC(C)(C)c1ccc(-c2nc3c(Cl)cc(Cl)cn3c2CN2CCCNCC2)cc1. The third kappa shape index (κ3) is 4.46. The van der Waals surface area contributed by atoms with Crippen LogP contribution < -0.4 is 5.32 Å². The number of benzene rings is 1. The van der Waals surface area contributed by atoms with Gasteiger partial charge in [-0.2, -0.15) is 0 Å². The molecule has 3 aromatic rings. The van der Waals surface area contributed by atoms with E-state index in [-0.39, 0.29) is 5.41 Å². The van der Waals surface area contributed by atoms with Gasteiger partial charge in [0.1, 0.15) is 0 Å². The van der Waals surface area contributed by atoms with Crippen molar-refractivity contribution >= 4 is 28.8 Å². The van der Waals surface area contributed by atoms with Crippen molar-refractivity contribution in [1.29, 1.82) is 0 Å². The van der Waals surface area contributed by atoms with Crippen LogP contribution in [0, 0.1) is 0 Å². The van der Waals surface area contributed by atoms with Crippen molar-refractivity contribution in [3.63, 3.8) is 0 Å². The summed E-state index contributed by atoms with van der Waals surface area (Å²) in [6, 6.07) is 10.5. The highest BCUT2D eigenvalue weighted by Gasteiger charge is 2.21. The molecule has 2 aromatic heterocycles. The molecule has 29 heavy (non-hydrogen) atoms. The maximum Gasteiger partial charge on any atom is 0.156 e. The minimum atomic E-state index is 0.121. The number of hydrogen-bond acceptors (Lipinski definition) is 3. The summed E-state index contributed by atoms with van der Waals surface area (Å²) in [4.78, 5) is 7.41. The Balaban J connectivity index is 1.80. The third-order valence-corrected chi connectivity index (χ3v) is 6.06. The van der Waals surface area contributed by atoms with Gasteiger partial charge in [0.15, 0.2) is 5.65 Å². The molecular formula is C23H28Cl2N4. The van der Waals surface area contributed by atoms with E-state index in [1.807, 2.05) is 6.20 Å². The van der Waals surface area contributed by atoms with Gasteiger partial charge in [-0.25, -0.2) is 4.98 Å². The van der Waals surface area contributed by atoms with E-state index in [1.54, 1.807) is 6.07 Å². The van der Waals surface area contributed by atoms with Crippen molar-refractivity contribution in [2.75, 3.05) is 26.2 Å². The Morgan fingerprint density at radius 2 is 1.83 bits per heavy atom. The number of fused-ring (bicyclic) bond motifs is 1. The quantitative estimate of drug-likeness (QED) is 0.603. The maximum absolute atomic E-state index is 6.50. The van der Waals surface area contributed by atoms with E-state index in [1.165, 1.54) is 5.56 Å². The van der Waals surface area contributed by atoms with Crippen molar-refractivity contribution in [3.05, 3.63) is 57.8 Å². The summed E-state index contributed by atoms with van der Waals surface area (Å²) in [7, 11) is 0. The minimum Gasteiger partial charge on any atom is -0.315 e. The molecule has 0 amide bonds. The zero-order chi connectivity index (χ0) is 20.6. The Bertz CT molecular complexity index is 994. The Morgan fingerprint density at radius 3 is 2.55 bits per heavy atom. The molecule has 0 bridgehead atoms. The molecule has 0 saturated carbocycles. The topological polar surface area (TPSA) is 32.6 Å². The van der Waals surface area contributed by atoms with Gasteiger partial charge >= 0.3 is 0 Å². The lowest BCUT2D eigenvalue weighted by Crippen LogP contribution is -2.28. The van der Waals surface area contributed by atoms with Gasteiger partial charge in [-0.3, -0.25) is 9.30 Å². The van der Waals surface area contributed by atoms with Gasteiger partial charge in [0, 0.05) is 31.4 Å². The van der Waals surface area contributed by atoms with Crippen molar-refractivity contribution in [1.82, 2.24) is 19.6 Å². The van der Waals surface area contributed by atoms with Gasteiger partial charge in [-0.15, -0.1) is 0 Å². The van der Waals surface area contributed by atoms with Crippen molar-refractivity contribution in [2.24, 2.45) is 0 Å². The molecule has 1 aromatic carbocycles. The fraction of sp³-hybridized carbons (Fsp3) is 0.435. The van der Waals surface area contributed by atoms with Gasteiger partial charge in [0.05, 0.1) is 21.4 Å². The van der Waals surface area contributed by atoms with Crippen molar-refractivity contribution < 1.29 is 0 Å². The monoisotopic (exact) mass is 430 g/mol. The molecular weight excluding hydrogens is 403 g/mol. The lowest BCUT2D eigenvalue weighted by atomic mass is 9.86. The summed E-state index contributed by atoms with van der Waals surface area (Å²) < 4.78 is 2.07. The molecule has 4 rings (SSSR count). The predicted molar refractivity (Wildman–Crippen MR) is 122 cm³/mol. The molecule has 0 atom stereocenters. The van der Waals surface area contributed by atoms with Crippen LogP contribution in [0.2, 0.25) is 10.0 Å². The lowest BCUT2D eigenvalue weighted by Gasteiger charge is -2.21. The zero-order valence-corrected chi connectivity index (χ0v) is 18.8. The summed E-state index contributed by atoms with van der Waals surface area (Å²) in [5.74, 6) is 0. The summed E-state index contributed by atoms with van der Waals surface area (Å²) in [5, 5.41) is 4.67. The van der Waals surface area contributed by atoms with Gasteiger partial charge in [-0.1, -0.05) is 68.2 Å². The standard InChI is InChI=1S/C23H28Cl2N4/c1-23(2,3)17-7-5-16(6-8-17)21-20(15-28-11-4-9-26-10-12-28)29-14-18(24)13-19(25)22(29)27-21/h5-8,13-14,26H,4,9-12,15H2,1-3H3. The van der Waals surface area contributed by atoms with Gasteiger partial charge < -0.3 is 5.32 Å². The van der Waals surface area contributed by atoms with Crippen molar-refractivity contribution in [3.8, 4) is 11.3 Å². The van der Waals surface area contributed by atoms with E-state index in [0.29, 0.717) is 10.0 Å². The molecule has 1 fully saturated rings. The number of nitrogens with one attached hydrogen (secondary N) is 1. The molecule has 0 aliphatic carbocycles. The normalized spacial score (nSPS) is 16.3. The van der Waals surface area contributed by atoms with Crippen LogP contribution >= 0.6 is 23.2 Å². The number of hydrogen-bond donors (Lipinski definition) is 1. The highest BCUT2D eigenvalue weighted by Crippen LogP contribution is 2.32. The first-order valence-corrected chi connectivity index (χ1v) is 11.0. The first-order chi connectivity index (χ1) is 13.8. The molecule has 1 aliphatic heterocycles. The van der Waals surface area contributed by atoms with Crippen molar-refractivity contribution in [2.45, 2.75) is 39.2 Å². The highest BCUT2D eigenvalue weighted by atomic mass is 35.5. The van der Waals surface area contributed by atoms with Crippen LogP contribution in [-0.4, -0.2) is 40.5 Å². The molecule has 0 unspecified atom stereocenters. The van der Waals surface area contributed by atoms with E-state index < -0.39 is 0 Å². The second-order valence-corrected chi connectivity index (χ2v) is 9.66. The predicted octanol–water partition coefficient (Wildman–Crippen LogP) is 5.40. The summed E-state index contributed by atoms with van der Waals surface area (Å²) in [5.41, 5.74) is 5.41. The molecule has 0 spiro atoms. The number of rotatable bonds is 3. The van der Waals surface area contributed by atoms with Crippen LogP contribution in [0.25, 0.3) is 16.9 Å². The van der Waals surface area contributed by atoms with Gasteiger partial charge in [0.2, 0.25) is 0 Å². The van der Waals surface area contributed by atoms with Crippen LogP contribution in [-0.2, 0) is 12.0 Å². The van der Waals surface area contributed by atoms with E-state index in [2.05, 4.69) is 59.7 Å². The second-order valence-electron chi connectivity index (χ2n) is 8.81. The number of aromatic nitrogens is 2. The van der Waals surface area contributed by atoms with Gasteiger partial charge in [-0.05, 0) is 36.6 Å². The largest absolute Gasteiger partial charge is 0.315 e. The Hall–Kier alpha value is -1.59. The Labute approximate surface area is 182 Å². The molecule has 154 valence electrons. The Kier molecular flexibility index (Phi) is 5.90. The second kappa shape index (κ2) is 8.27. The molecule has 3 heterocycles. The minimum absolute atomic E-state index is 0.121. The first kappa shape index (κ1) is 20.7. The van der Waals surface area contributed by atoms with Crippen LogP contribution in [0.3, 0.4) is 0 Å². The van der Waals surface area contributed by atoms with Crippen LogP contribution in [0.1, 0.15) is 38.4 Å². The van der Waals surface area contributed by atoms with Crippen LogP contribution in [0.5, 0.6) is 0 Å². The molecule has 1 aliphatic rings. The van der Waals surface area contributed by atoms with Crippen LogP contribution in [0.15, 0.2) is 36.5 Å². The average molecular weight is 431 g/mol. The molecule has 4 nitrogen and oxygen atoms in total. The number of pyridine rings is 1. The highest BCUT2D eigenvalue weighted by molar-refractivity contribution is 6.36.